The monoisotopic (exact) mass is 286 g/mol. The number of allylic oxidation sites excluding steroid dienone is 1. The van der Waals surface area contributed by atoms with Crippen LogP contribution < -0.4 is 0 Å². The fourth-order valence-electron chi connectivity index (χ4n) is 1.65. The molecule has 0 aliphatic carbocycles. The number of carbonyl (C=O) groups excluding carboxylic acids is 1. The lowest BCUT2D eigenvalue weighted by Gasteiger charge is -1.99. The second-order valence-corrected chi connectivity index (χ2v) is 4.51. The summed E-state index contributed by atoms with van der Waals surface area (Å²) in [4.78, 5) is 22.6. The highest BCUT2D eigenvalue weighted by molar-refractivity contribution is 6.32. The molecular weight excluding hydrogens is 276 g/mol. The van der Waals surface area contributed by atoms with Crippen LogP contribution in [0.25, 0.3) is 6.08 Å². The van der Waals surface area contributed by atoms with E-state index in [1.807, 2.05) is 12.1 Å². The van der Waals surface area contributed by atoms with Crippen molar-refractivity contribution in [2.75, 3.05) is 0 Å². The fourth-order valence-corrected chi connectivity index (χ4v) is 1.85. The quantitative estimate of drug-likeness (QED) is 0.684. The van der Waals surface area contributed by atoms with Gasteiger partial charge < -0.3 is 5.11 Å². The molecule has 2 aromatic rings. The lowest BCUT2D eigenvalue weighted by molar-refractivity contribution is 0.0696. The molecule has 0 aromatic heterocycles. The van der Waals surface area contributed by atoms with Gasteiger partial charge in [-0.05, 0) is 35.9 Å². The van der Waals surface area contributed by atoms with Crippen molar-refractivity contribution in [2.24, 2.45) is 0 Å². The van der Waals surface area contributed by atoms with Crippen LogP contribution in [0.3, 0.4) is 0 Å². The minimum atomic E-state index is -1.02. The maximum absolute atomic E-state index is 11.9. The first kappa shape index (κ1) is 14.0. The Morgan fingerprint density at radius 2 is 1.55 bits per heavy atom. The van der Waals surface area contributed by atoms with E-state index in [2.05, 4.69) is 0 Å². The van der Waals surface area contributed by atoms with Gasteiger partial charge >= 0.3 is 5.97 Å². The van der Waals surface area contributed by atoms with Gasteiger partial charge in [0.1, 0.15) is 0 Å². The number of hydrogen-bond donors (Lipinski definition) is 1. The Balaban J connectivity index is 2.16. The molecule has 0 saturated carbocycles. The molecule has 0 aliphatic heterocycles. The van der Waals surface area contributed by atoms with Gasteiger partial charge in [-0.25, -0.2) is 4.79 Å². The highest BCUT2D eigenvalue weighted by Gasteiger charge is 2.05. The summed E-state index contributed by atoms with van der Waals surface area (Å²) >= 11 is 5.98. The summed E-state index contributed by atoms with van der Waals surface area (Å²) < 4.78 is 0. The third kappa shape index (κ3) is 3.33. The average molecular weight is 287 g/mol. The topological polar surface area (TPSA) is 54.4 Å². The van der Waals surface area contributed by atoms with E-state index in [0.717, 1.165) is 5.56 Å². The van der Waals surface area contributed by atoms with E-state index < -0.39 is 5.97 Å². The highest BCUT2D eigenvalue weighted by Crippen LogP contribution is 2.16. The maximum atomic E-state index is 11.9. The zero-order chi connectivity index (χ0) is 14.5. The Morgan fingerprint density at radius 1 is 0.950 bits per heavy atom. The summed E-state index contributed by atoms with van der Waals surface area (Å²) in [5.74, 6) is -1.22. The molecule has 100 valence electrons. The Bertz CT molecular complexity index is 672. The highest BCUT2D eigenvalue weighted by atomic mass is 35.5. The summed E-state index contributed by atoms with van der Waals surface area (Å²) in [6, 6.07) is 13.0. The molecule has 1 N–H and O–H groups in total. The van der Waals surface area contributed by atoms with Crippen molar-refractivity contribution >= 4 is 29.4 Å². The number of rotatable bonds is 4. The molecule has 2 rings (SSSR count). The van der Waals surface area contributed by atoms with Gasteiger partial charge in [0, 0.05) is 10.6 Å². The third-order valence-corrected chi connectivity index (χ3v) is 3.08. The first-order chi connectivity index (χ1) is 9.58. The first-order valence-electron chi connectivity index (χ1n) is 5.88. The maximum Gasteiger partial charge on any atom is 0.335 e. The molecule has 0 unspecified atom stereocenters. The van der Waals surface area contributed by atoms with E-state index in [1.165, 1.54) is 30.3 Å². The summed E-state index contributed by atoms with van der Waals surface area (Å²) in [7, 11) is 0. The molecule has 0 amide bonds. The van der Waals surface area contributed by atoms with Gasteiger partial charge in [0.2, 0.25) is 0 Å². The van der Waals surface area contributed by atoms with Crippen LogP contribution in [-0.2, 0) is 0 Å². The summed E-state index contributed by atoms with van der Waals surface area (Å²) in [5, 5.41) is 9.35. The van der Waals surface area contributed by atoms with Crippen LogP contribution >= 0.6 is 11.6 Å². The van der Waals surface area contributed by atoms with Crippen molar-refractivity contribution in [3.63, 3.8) is 0 Å². The Kier molecular flexibility index (Phi) is 4.33. The van der Waals surface area contributed by atoms with E-state index in [9.17, 15) is 9.59 Å². The Labute approximate surface area is 121 Å². The van der Waals surface area contributed by atoms with Gasteiger partial charge in [0.25, 0.3) is 0 Å². The average Bonchev–Trinajstić information content (AvgIpc) is 2.46. The van der Waals surface area contributed by atoms with Crippen molar-refractivity contribution in [1.29, 1.82) is 0 Å². The molecule has 0 bridgehead atoms. The molecule has 4 heteroatoms. The molecule has 0 radical (unpaired) electrons. The van der Waals surface area contributed by atoms with Crippen molar-refractivity contribution in [1.82, 2.24) is 0 Å². The molecule has 0 heterocycles. The third-order valence-electron chi connectivity index (χ3n) is 2.74. The molecular formula is C16H11ClO3. The Morgan fingerprint density at radius 3 is 2.15 bits per heavy atom. The summed E-state index contributed by atoms with van der Waals surface area (Å²) in [6.07, 6.45) is 3.05. The van der Waals surface area contributed by atoms with Crippen LogP contribution in [-0.4, -0.2) is 16.9 Å². The van der Waals surface area contributed by atoms with Crippen LogP contribution in [0.5, 0.6) is 0 Å². The van der Waals surface area contributed by atoms with Crippen LogP contribution in [0, 0.1) is 0 Å². The van der Waals surface area contributed by atoms with E-state index in [0.29, 0.717) is 10.6 Å². The SMILES string of the molecule is O=C(O)c1ccc(C(=O)/C=C/c2ccccc2Cl)cc1. The molecule has 3 nitrogen and oxygen atoms in total. The van der Waals surface area contributed by atoms with E-state index in [4.69, 9.17) is 16.7 Å². The van der Waals surface area contributed by atoms with Crippen molar-refractivity contribution in [2.45, 2.75) is 0 Å². The molecule has 0 spiro atoms. The number of ketones is 1. The molecule has 20 heavy (non-hydrogen) atoms. The van der Waals surface area contributed by atoms with Crippen LogP contribution in [0.15, 0.2) is 54.6 Å². The normalized spacial score (nSPS) is 10.7. The number of halogens is 1. The van der Waals surface area contributed by atoms with Crippen LogP contribution in [0.2, 0.25) is 5.02 Å². The molecule has 2 aromatic carbocycles. The molecule has 0 fully saturated rings. The number of carboxylic acids is 1. The predicted molar refractivity (Wildman–Crippen MR) is 78.2 cm³/mol. The van der Waals surface area contributed by atoms with Crippen LogP contribution in [0.4, 0.5) is 0 Å². The zero-order valence-electron chi connectivity index (χ0n) is 10.4. The molecule has 0 saturated heterocycles. The van der Waals surface area contributed by atoms with E-state index in [-0.39, 0.29) is 11.3 Å². The number of hydrogen-bond acceptors (Lipinski definition) is 2. The largest absolute Gasteiger partial charge is 0.478 e. The van der Waals surface area contributed by atoms with Crippen LogP contribution in [0.1, 0.15) is 26.3 Å². The summed E-state index contributed by atoms with van der Waals surface area (Å²) in [5.41, 5.74) is 1.33. The van der Waals surface area contributed by atoms with Crippen molar-refractivity contribution in [3.8, 4) is 0 Å². The second-order valence-electron chi connectivity index (χ2n) is 4.10. The van der Waals surface area contributed by atoms with Gasteiger partial charge in [-0.2, -0.15) is 0 Å². The number of aromatic carboxylic acids is 1. The van der Waals surface area contributed by atoms with E-state index in [1.54, 1.807) is 18.2 Å². The lowest BCUT2D eigenvalue weighted by Crippen LogP contribution is -1.98. The van der Waals surface area contributed by atoms with Gasteiger partial charge in [0.15, 0.2) is 5.78 Å². The smallest absolute Gasteiger partial charge is 0.335 e. The van der Waals surface area contributed by atoms with Crippen molar-refractivity contribution in [3.05, 3.63) is 76.3 Å². The van der Waals surface area contributed by atoms with Gasteiger partial charge in [-0.1, -0.05) is 41.9 Å². The predicted octanol–water partition coefficient (Wildman–Crippen LogP) is 3.93. The number of carbonyl (C=O) groups is 2. The minimum absolute atomic E-state index is 0.150. The van der Waals surface area contributed by atoms with Crippen molar-refractivity contribution < 1.29 is 14.7 Å². The second kappa shape index (κ2) is 6.17. The lowest BCUT2D eigenvalue weighted by atomic mass is 10.1. The number of carboxylic acid groups (broad SMARTS) is 1. The zero-order valence-corrected chi connectivity index (χ0v) is 11.2. The Hall–Kier alpha value is -2.39. The molecule has 0 aliphatic rings. The van der Waals surface area contributed by atoms with Gasteiger partial charge in [-0.3, -0.25) is 4.79 Å². The standard InChI is InChI=1S/C16H11ClO3/c17-14-4-2-1-3-11(14)9-10-15(18)12-5-7-13(8-6-12)16(19)20/h1-10H,(H,19,20)/b10-9+. The minimum Gasteiger partial charge on any atom is -0.478 e. The number of benzene rings is 2. The molecule has 0 atom stereocenters. The van der Waals surface area contributed by atoms with E-state index >= 15 is 0 Å². The van der Waals surface area contributed by atoms with Gasteiger partial charge in [-0.15, -0.1) is 0 Å². The van der Waals surface area contributed by atoms with Gasteiger partial charge in [0.05, 0.1) is 5.56 Å². The first-order valence-corrected chi connectivity index (χ1v) is 6.26. The summed E-state index contributed by atoms with van der Waals surface area (Å²) in [6.45, 7) is 0. The fraction of sp³-hybridized carbons (Fsp3) is 0.